The summed E-state index contributed by atoms with van der Waals surface area (Å²) in [5, 5.41) is 25.1. The monoisotopic (exact) mass is 133 g/mol. The van der Waals surface area contributed by atoms with Crippen molar-refractivity contribution < 1.29 is 20.1 Å². The predicted molar refractivity (Wildman–Crippen MR) is 29.4 cm³/mol. The van der Waals surface area contributed by atoms with Gasteiger partial charge in [0.05, 0.1) is 0 Å². The molecule has 0 bridgehead atoms. The van der Waals surface area contributed by atoms with Gasteiger partial charge in [-0.15, -0.1) is 0 Å². The number of carboxylic acids is 1. The number of aliphatic hydroxyl groups is 2. The van der Waals surface area contributed by atoms with Gasteiger partial charge in [-0.25, -0.2) is 4.79 Å². The maximum atomic E-state index is 9.88. The SMILES string of the molecule is [CH2]CCC(O)(O)C(=O)O. The van der Waals surface area contributed by atoms with Crippen molar-refractivity contribution in [3.63, 3.8) is 0 Å². The smallest absolute Gasteiger partial charge is 0.364 e. The first kappa shape index (κ1) is 8.39. The Labute approximate surface area is 52.7 Å². The minimum absolute atomic E-state index is 0.180. The number of hydrogen-bond acceptors (Lipinski definition) is 3. The second kappa shape index (κ2) is 2.80. The fraction of sp³-hybridized carbons (Fsp3) is 0.600. The van der Waals surface area contributed by atoms with Crippen LogP contribution in [0.4, 0.5) is 0 Å². The molecule has 0 aliphatic carbocycles. The average Bonchev–Trinajstić information content (AvgIpc) is 1.65. The molecular formula is C5H9O4. The van der Waals surface area contributed by atoms with Crippen molar-refractivity contribution in [2.24, 2.45) is 0 Å². The van der Waals surface area contributed by atoms with Crippen LogP contribution in [0.3, 0.4) is 0 Å². The summed E-state index contributed by atoms with van der Waals surface area (Å²) in [5.74, 6) is -4.23. The zero-order valence-electron chi connectivity index (χ0n) is 4.87. The van der Waals surface area contributed by atoms with Gasteiger partial charge in [0.15, 0.2) is 0 Å². The van der Waals surface area contributed by atoms with E-state index in [1.165, 1.54) is 0 Å². The third-order valence-electron chi connectivity index (χ3n) is 0.868. The quantitative estimate of drug-likeness (QED) is 0.448. The van der Waals surface area contributed by atoms with Crippen molar-refractivity contribution in [3.8, 4) is 0 Å². The van der Waals surface area contributed by atoms with Crippen LogP contribution in [-0.2, 0) is 4.79 Å². The molecule has 0 unspecified atom stereocenters. The van der Waals surface area contributed by atoms with E-state index >= 15 is 0 Å². The van der Waals surface area contributed by atoms with Gasteiger partial charge < -0.3 is 15.3 Å². The average molecular weight is 133 g/mol. The molecule has 0 fully saturated rings. The van der Waals surface area contributed by atoms with Crippen LogP contribution < -0.4 is 0 Å². The van der Waals surface area contributed by atoms with Crippen molar-refractivity contribution in [2.75, 3.05) is 0 Å². The fourth-order valence-corrected chi connectivity index (χ4v) is 0.353. The number of rotatable bonds is 3. The molecule has 4 nitrogen and oxygen atoms in total. The highest BCUT2D eigenvalue weighted by atomic mass is 16.5. The van der Waals surface area contributed by atoms with Gasteiger partial charge in [0.1, 0.15) is 0 Å². The minimum Gasteiger partial charge on any atom is -0.477 e. The van der Waals surface area contributed by atoms with E-state index in [-0.39, 0.29) is 12.8 Å². The van der Waals surface area contributed by atoms with Crippen LogP contribution in [0.1, 0.15) is 12.8 Å². The van der Waals surface area contributed by atoms with Crippen molar-refractivity contribution in [3.05, 3.63) is 6.92 Å². The van der Waals surface area contributed by atoms with Crippen LogP contribution in [0.15, 0.2) is 0 Å². The molecule has 4 heteroatoms. The van der Waals surface area contributed by atoms with Crippen LogP contribution in [0.2, 0.25) is 0 Å². The largest absolute Gasteiger partial charge is 0.477 e. The van der Waals surface area contributed by atoms with E-state index in [9.17, 15) is 4.79 Å². The predicted octanol–water partition coefficient (Wildman–Crippen LogP) is -0.634. The Morgan fingerprint density at radius 3 is 2.11 bits per heavy atom. The van der Waals surface area contributed by atoms with Crippen LogP contribution in [-0.4, -0.2) is 27.1 Å². The summed E-state index contributed by atoms with van der Waals surface area (Å²) >= 11 is 0. The van der Waals surface area contributed by atoms with Gasteiger partial charge in [-0.05, 0) is 6.42 Å². The van der Waals surface area contributed by atoms with Gasteiger partial charge in [-0.3, -0.25) is 0 Å². The number of carboxylic acid groups (broad SMARTS) is 1. The lowest BCUT2D eigenvalue weighted by molar-refractivity contribution is -0.205. The molecule has 0 aliphatic rings. The van der Waals surface area contributed by atoms with E-state index in [0.717, 1.165) is 0 Å². The second-order valence-corrected chi connectivity index (χ2v) is 1.73. The first-order valence-corrected chi connectivity index (χ1v) is 2.48. The first-order valence-electron chi connectivity index (χ1n) is 2.48. The summed E-state index contributed by atoms with van der Waals surface area (Å²) in [7, 11) is 0. The van der Waals surface area contributed by atoms with Crippen LogP contribution in [0, 0.1) is 6.92 Å². The summed E-state index contributed by atoms with van der Waals surface area (Å²) in [6.45, 7) is 3.27. The summed E-state index contributed by atoms with van der Waals surface area (Å²) < 4.78 is 0. The standard InChI is InChI=1S/C5H9O4/c1-2-3-5(8,9)4(6)7/h8-9H,1-3H2,(H,6,7). The van der Waals surface area contributed by atoms with E-state index in [0.29, 0.717) is 0 Å². The lowest BCUT2D eigenvalue weighted by Crippen LogP contribution is -2.37. The lowest BCUT2D eigenvalue weighted by atomic mass is 10.1. The fourth-order valence-electron chi connectivity index (χ4n) is 0.353. The topological polar surface area (TPSA) is 77.8 Å². The number of carbonyl (C=O) groups is 1. The minimum atomic E-state index is -2.60. The lowest BCUT2D eigenvalue weighted by Gasteiger charge is -2.13. The molecule has 0 atom stereocenters. The van der Waals surface area contributed by atoms with Crippen molar-refractivity contribution in [2.45, 2.75) is 18.6 Å². The van der Waals surface area contributed by atoms with Crippen molar-refractivity contribution >= 4 is 5.97 Å². The van der Waals surface area contributed by atoms with Gasteiger partial charge in [0.25, 0.3) is 5.79 Å². The number of aliphatic carboxylic acids is 1. The molecule has 0 rings (SSSR count). The normalized spacial score (nSPS) is 11.4. The molecule has 53 valence electrons. The second-order valence-electron chi connectivity index (χ2n) is 1.73. The molecule has 3 N–H and O–H groups in total. The molecule has 0 aromatic heterocycles. The molecule has 0 saturated heterocycles. The van der Waals surface area contributed by atoms with Crippen LogP contribution in [0.25, 0.3) is 0 Å². The molecule has 0 aliphatic heterocycles. The molecule has 0 aromatic carbocycles. The van der Waals surface area contributed by atoms with Crippen LogP contribution >= 0.6 is 0 Å². The highest BCUT2D eigenvalue weighted by molar-refractivity contribution is 5.74. The van der Waals surface area contributed by atoms with E-state index in [2.05, 4.69) is 6.92 Å². The molecule has 0 spiro atoms. The summed E-state index contributed by atoms with van der Waals surface area (Å²) in [5.41, 5.74) is 0. The molecule has 1 radical (unpaired) electrons. The van der Waals surface area contributed by atoms with Gasteiger partial charge in [0, 0.05) is 6.42 Å². The van der Waals surface area contributed by atoms with E-state index < -0.39 is 11.8 Å². The molecule has 0 heterocycles. The Morgan fingerprint density at radius 1 is 1.56 bits per heavy atom. The molecule has 0 amide bonds. The Bertz CT molecular complexity index is 108. The van der Waals surface area contributed by atoms with Gasteiger partial charge in [0.2, 0.25) is 0 Å². The zero-order chi connectivity index (χ0) is 7.49. The Balaban J connectivity index is 3.85. The Kier molecular flexibility index (Phi) is 2.61. The van der Waals surface area contributed by atoms with Crippen molar-refractivity contribution in [1.29, 1.82) is 0 Å². The highest BCUT2D eigenvalue weighted by Gasteiger charge is 2.31. The van der Waals surface area contributed by atoms with Gasteiger partial charge >= 0.3 is 5.97 Å². The third-order valence-corrected chi connectivity index (χ3v) is 0.868. The highest BCUT2D eigenvalue weighted by Crippen LogP contribution is 2.07. The maximum Gasteiger partial charge on any atom is 0.364 e. The van der Waals surface area contributed by atoms with Crippen molar-refractivity contribution in [1.82, 2.24) is 0 Å². The Hall–Kier alpha value is -0.610. The molecule has 0 aromatic rings. The van der Waals surface area contributed by atoms with E-state index in [4.69, 9.17) is 15.3 Å². The maximum absolute atomic E-state index is 9.88. The first-order chi connectivity index (χ1) is 4.00. The van der Waals surface area contributed by atoms with Gasteiger partial charge in [-0.2, -0.15) is 0 Å². The zero-order valence-corrected chi connectivity index (χ0v) is 4.87. The Morgan fingerprint density at radius 2 is 2.00 bits per heavy atom. The molecular weight excluding hydrogens is 124 g/mol. The summed E-state index contributed by atoms with van der Waals surface area (Å²) in [4.78, 5) is 9.88. The third kappa shape index (κ3) is 2.43. The summed E-state index contributed by atoms with van der Waals surface area (Å²) in [6.07, 6.45) is -0.0678. The van der Waals surface area contributed by atoms with E-state index in [1.54, 1.807) is 0 Å². The van der Waals surface area contributed by atoms with Gasteiger partial charge in [-0.1, -0.05) is 6.92 Å². The number of hydrogen-bond donors (Lipinski definition) is 3. The summed E-state index contributed by atoms with van der Waals surface area (Å²) in [6, 6.07) is 0. The van der Waals surface area contributed by atoms with E-state index in [1.807, 2.05) is 0 Å². The molecule has 9 heavy (non-hydrogen) atoms. The molecule has 0 saturated carbocycles. The van der Waals surface area contributed by atoms with Crippen LogP contribution in [0.5, 0.6) is 0 Å².